The Morgan fingerprint density at radius 3 is 2.55 bits per heavy atom. The number of para-hydroxylation sites is 1. The Hall–Kier alpha value is -3.68. The molecule has 0 spiro atoms. The number of anilines is 3. The molecule has 2 aromatic carbocycles. The number of carbonyl (C=O) groups excluding carboxylic acids is 1. The van der Waals surface area contributed by atoms with Crippen LogP contribution in [0.3, 0.4) is 0 Å². The van der Waals surface area contributed by atoms with Crippen molar-refractivity contribution < 1.29 is 14.3 Å². The van der Waals surface area contributed by atoms with Gasteiger partial charge in [0.2, 0.25) is 11.9 Å². The highest BCUT2D eigenvalue weighted by molar-refractivity contribution is 5.71. The second-order valence-corrected chi connectivity index (χ2v) is 6.57. The molecule has 150 valence electrons. The summed E-state index contributed by atoms with van der Waals surface area (Å²) < 4.78 is 10.7. The minimum atomic E-state index is -0.532. The number of benzene rings is 2. The summed E-state index contributed by atoms with van der Waals surface area (Å²) in [7, 11) is 0. The Balaban J connectivity index is 1.57. The molecule has 8 heteroatoms. The third-order valence-electron chi connectivity index (χ3n) is 4.29. The van der Waals surface area contributed by atoms with E-state index < -0.39 is 5.97 Å². The Labute approximate surface area is 169 Å². The zero-order valence-corrected chi connectivity index (χ0v) is 16.6. The molecule has 0 amide bonds. The van der Waals surface area contributed by atoms with E-state index in [1.165, 1.54) is 0 Å². The largest absolute Gasteiger partial charge is 0.482 e. The number of nitrogen functional groups attached to an aromatic ring is 1. The van der Waals surface area contributed by atoms with Gasteiger partial charge < -0.3 is 20.5 Å². The van der Waals surface area contributed by atoms with Gasteiger partial charge >= 0.3 is 5.97 Å². The number of aryl methyl sites for hydroxylation is 3. The zero-order valence-electron chi connectivity index (χ0n) is 16.6. The topological polar surface area (TPSA) is 112 Å². The van der Waals surface area contributed by atoms with E-state index in [9.17, 15) is 4.79 Å². The fourth-order valence-corrected chi connectivity index (χ4v) is 2.52. The van der Waals surface area contributed by atoms with Crippen molar-refractivity contribution in [1.29, 1.82) is 0 Å². The van der Waals surface area contributed by atoms with Crippen molar-refractivity contribution in [2.75, 3.05) is 17.7 Å². The first-order valence-corrected chi connectivity index (χ1v) is 9.09. The van der Waals surface area contributed by atoms with Crippen LogP contribution < -0.4 is 15.8 Å². The average Bonchev–Trinajstić information content (AvgIpc) is 2.69. The molecule has 0 unspecified atom stereocenters. The van der Waals surface area contributed by atoms with Gasteiger partial charge in [0.05, 0.1) is 0 Å². The number of nitrogens with two attached hydrogens (primary N) is 1. The van der Waals surface area contributed by atoms with E-state index in [-0.39, 0.29) is 30.9 Å². The van der Waals surface area contributed by atoms with Crippen LogP contribution in [-0.2, 0) is 16.1 Å². The molecule has 0 saturated heterocycles. The standard InChI is InChI=1S/C21H23N5O3/c1-13-8-9-16(10-15(13)3)28-12-19(27)29-11-18-24-20(22)26-21(25-18)23-17-7-5-4-6-14(17)2/h4-10H,11-12H2,1-3H3,(H3,22,23,24,25,26). The summed E-state index contributed by atoms with van der Waals surface area (Å²) >= 11 is 0. The number of carbonyl (C=O) groups is 1. The molecule has 0 radical (unpaired) electrons. The molecule has 3 N–H and O–H groups in total. The van der Waals surface area contributed by atoms with E-state index >= 15 is 0 Å². The maximum absolute atomic E-state index is 12.0. The molecule has 3 aromatic rings. The van der Waals surface area contributed by atoms with Crippen molar-refractivity contribution in [3.63, 3.8) is 0 Å². The molecule has 0 bridgehead atoms. The van der Waals surface area contributed by atoms with Gasteiger partial charge in [0.25, 0.3) is 0 Å². The van der Waals surface area contributed by atoms with Crippen LogP contribution in [0.1, 0.15) is 22.5 Å². The molecule has 0 saturated carbocycles. The molecule has 0 aliphatic heterocycles. The first kappa shape index (κ1) is 20.1. The Morgan fingerprint density at radius 1 is 1.00 bits per heavy atom. The number of hydrogen-bond donors (Lipinski definition) is 2. The van der Waals surface area contributed by atoms with E-state index in [2.05, 4.69) is 20.3 Å². The lowest BCUT2D eigenvalue weighted by atomic mass is 10.1. The van der Waals surface area contributed by atoms with E-state index in [1.54, 1.807) is 0 Å². The lowest BCUT2D eigenvalue weighted by Gasteiger charge is -2.10. The van der Waals surface area contributed by atoms with Crippen LogP contribution in [0.25, 0.3) is 0 Å². The van der Waals surface area contributed by atoms with Gasteiger partial charge in [0.1, 0.15) is 5.75 Å². The fourth-order valence-electron chi connectivity index (χ4n) is 2.52. The van der Waals surface area contributed by atoms with E-state index in [0.29, 0.717) is 5.75 Å². The SMILES string of the molecule is Cc1ccc(OCC(=O)OCc2nc(N)nc(Nc3ccccc3C)n2)cc1C. The van der Waals surface area contributed by atoms with Gasteiger partial charge in [-0.15, -0.1) is 0 Å². The first-order valence-electron chi connectivity index (χ1n) is 9.09. The summed E-state index contributed by atoms with van der Waals surface area (Å²) in [6, 6.07) is 13.3. The number of aromatic nitrogens is 3. The second kappa shape index (κ2) is 9.01. The number of esters is 1. The third kappa shape index (κ3) is 5.65. The van der Waals surface area contributed by atoms with Crippen molar-refractivity contribution in [2.45, 2.75) is 27.4 Å². The van der Waals surface area contributed by atoms with Crippen LogP contribution in [0.4, 0.5) is 17.6 Å². The number of nitrogens with one attached hydrogen (secondary N) is 1. The molecule has 0 aliphatic rings. The van der Waals surface area contributed by atoms with Gasteiger partial charge in [0.15, 0.2) is 19.0 Å². The molecule has 0 aliphatic carbocycles. The molecular formula is C21H23N5O3. The van der Waals surface area contributed by atoms with Crippen molar-refractivity contribution >= 4 is 23.6 Å². The normalized spacial score (nSPS) is 10.4. The Morgan fingerprint density at radius 2 is 1.79 bits per heavy atom. The van der Waals surface area contributed by atoms with Crippen LogP contribution in [0.5, 0.6) is 5.75 Å². The maximum atomic E-state index is 12.0. The molecule has 3 rings (SSSR count). The van der Waals surface area contributed by atoms with Gasteiger partial charge in [-0.3, -0.25) is 0 Å². The van der Waals surface area contributed by atoms with Crippen LogP contribution in [0, 0.1) is 20.8 Å². The minimum absolute atomic E-state index is 0.0357. The zero-order chi connectivity index (χ0) is 20.8. The fraction of sp³-hybridized carbons (Fsp3) is 0.238. The van der Waals surface area contributed by atoms with E-state index in [1.807, 2.05) is 63.2 Å². The average molecular weight is 393 g/mol. The highest BCUT2D eigenvalue weighted by Crippen LogP contribution is 2.18. The smallest absolute Gasteiger partial charge is 0.344 e. The predicted octanol–water partition coefficient (Wildman–Crippen LogP) is 3.24. The van der Waals surface area contributed by atoms with Crippen LogP contribution in [0.2, 0.25) is 0 Å². The van der Waals surface area contributed by atoms with E-state index in [0.717, 1.165) is 22.4 Å². The Bertz CT molecular complexity index is 1020. The quantitative estimate of drug-likeness (QED) is 0.588. The van der Waals surface area contributed by atoms with Crippen molar-refractivity contribution in [3.8, 4) is 5.75 Å². The number of rotatable bonds is 7. The van der Waals surface area contributed by atoms with Crippen LogP contribution >= 0.6 is 0 Å². The number of hydrogen-bond acceptors (Lipinski definition) is 8. The van der Waals surface area contributed by atoms with Crippen molar-refractivity contribution in [2.24, 2.45) is 0 Å². The molecule has 1 heterocycles. The monoisotopic (exact) mass is 393 g/mol. The molecule has 29 heavy (non-hydrogen) atoms. The minimum Gasteiger partial charge on any atom is -0.482 e. The highest BCUT2D eigenvalue weighted by Gasteiger charge is 2.10. The van der Waals surface area contributed by atoms with Crippen LogP contribution in [0.15, 0.2) is 42.5 Å². The number of ether oxygens (including phenoxy) is 2. The summed E-state index contributed by atoms with van der Waals surface area (Å²) in [4.78, 5) is 24.3. The Kier molecular flexibility index (Phi) is 6.23. The second-order valence-electron chi connectivity index (χ2n) is 6.57. The highest BCUT2D eigenvalue weighted by atomic mass is 16.6. The van der Waals surface area contributed by atoms with Crippen molar-refractivity contribution in [1.82, 2.24) is 15.0 Å². The van der Waals surface area contributed by atoms with Gasteiger partial charge in [-0.1, -0.05) is 24.3 Å². The van der Waals surface area contributed by atoms with Gasteiger partial charge in [-0.05, 0) is 55.7 Å². The molecular weight excluding hydrogens is 370 g/mol. The summed E-state index contributed by atoms with van der Waals surface area (Å²) in [5.41, 5.74) is 9.87. The maximum Gasteiger partial charge on any atom is 0.344 e. The summed E-state index contributed by atoms with van der Waals surface area (Å²) in [6.45, 7) is 5.61. The van der Waals surface area contributed by atoms with Gasteiger partial charge in [-0.25, -0.2) is 4.79 Å². The molecule has 8 nitrogen and oxygen atoms in total. The van der Waals surface area contributed by atoms with E-state index in [4.69, 9.17) is 15.2 Å². The summed E-state index contributed by atoms with van der Waals surface area (Å²) in [6.07, 6.45) is 0. The first-order chi connectivity index (χ1) is 13.9. The van der Waals surface area contributed by atoms with Gasteiger partial charge in [0, 0.05) is 5.69 Å². The molecule has 1 aromatic heterocycles. The summed E-state index contributed by atoms with van der Waals surface area (Å²) in [5, 5.41) is 3.09. The summed E-state index contributed by atoms with van der Waals surface area (Å²) in [5.74, 6) is 0.639. The van der Waals surface area contributed by atoms with Gasteiger partial charge in [-0.2, -0.15) is 15.0 Å². The van der Waals surface area contributed by atoms with Crippen molar-refractivity contribution in [3.05, 3.63) is 65.0 Å². The molecule has 0 atom stereocenters. The lowest BCUT2D eigenvalue weighted by Crippen LogP contribution is -2.16. The molecule has 0 fully saturated rings. The van der Waals surface area contributed by atoms with Crippen LogP contribution in [-0.4, -0.2) is 27.5 Å². The predicted molar refractivity (Wildman–Crippen MR) is 110 cm³/mol. The lowest BCUT2D eigenvalue weighted by molar-refractivity contribution is -0.147. The number of nitrogens with zero attached hydrogens (tertiary/aromatic N) is 3. The third-order valence-corrected chi connectivity index (χ3v) is 4.29.